The number of hydrogen-bond acceptors (Lipinski definition) is 4. The summed E-state index contributed by atoms with van der Waals surface area (Å²) in [6.07, 6.45) is 0. The molecule has 0 unspecified atom stereocenters. The Hall–Kier alpha value is -2.12. The lowest BCUT2D eigenvalue weighted by Crippen LogP contribution is -2.23. The van der Waals surface area contributed by atoms with Gasteiger partial charge in [0.1, 0.15) is 10.6 Å². The third-order valence-corrected chi connectivity index (χ3v) is 5.00. The van der Waals surface area contributed by atoms with Gasteiger partial charge in [0.2, 0.25) is 10.0 Å². The van der Waals surface area contributed by atoms with Crippen LogP contribution in [0.4, 0.5) is 0 Å². The van der Waals surface area contributed by atoms with Crippen LogP contribution in [0.3, 0.4) is 0 Å². The highest BCUT2D eigenvalue weighted by Gasteiger charge is 2.24. The Balaban J connectivity index is 2.28. The van der Waals surface area contributed by atoms with Crippen molar-refractivity contribution < 1.29 is 17.9 Å². The second kappa shape index (κ2) is 6.33. The lowest BCUT2D eigenvalue weighted by molar-refractivity contribution is 0.0589. The lowest BCUT2D eigenvalue weighted by atomic mass is 10.2. The lowest BCUT2D eigenvalue weighted by Gasteiger charge is -2.07. The minimum absolute atomic E-state index is 0.0753. The normalized spacial score (nSPS) is 11.4. The maximum absolute atomic E-state index is 12.4. The van der Waals surface area contributed by atoms with Crippen LogP contribution in [0.25, 0.3) is 0 Å². The summed E-state index contributed by atoms with van der Waals surface area (Å²) in [6.45, 7) is 1.83. The predicted octanol–water partition coefficient (Wildman–Crippen LogP) is 1.60. The summed E-state index contributed by atoms with van der Waals surface area (Å²) in [5, 5.41) is 0. The summed E-state index contributed by atoms with van der Waals surface area (Å²) in [5.41, 5.74) is 1.52. The SMILES string of the molecule is COC(=O)c1cc(S(=O)(=O)NCc2ccccc2)c(C)n1C. The molecular weight excluding hydrogens is 304 g/mol. The predicted molar refractivity (Wildman–Crippen MR) is 82.0 cm³/mol. The van der Waals surface area contributed by atoms with Gasteiger partial charge in [0.15, 0.2) is 0 Å². The Labute approximate surface area is 129 Å². The van der Waals surface area contributed by atoms with Crippen molar-refractivity contribution in [2.24, 2.45) is 7.05 Å². The quantitative estimate of drug-likeness (QED) is 0.848. The molecule has 0 aliphatic carbocycles. The molecule has 118 valence electrons. The number of nitrogens with one attached hydrogen (secondary N) is 1. The molecular formula is C15H18N2O4S. The van der Waals surface area contributed by atoms with Crippen molar-refractivity contribution in [1.82, 2.24) is 9.29 Å². The monoisotopic (exact) mass is 322 g/mol. The first-order valence-corrected chi connectivity index (χ1v) is 8.13. The van der Waals surface area contributed by atoms with Crippen LogP contribution in [0.15, 0.2) is 41.3 Å². The molecule has 2 aromatic rings. The van der Waals surface area contributed by atoms with Gasteiger partial charge in [0, 0.05) is 19.3 Å². The van der Waals surface area contributed by atoms with Crippen LogP contribution >= 0.6 is 0 Å². The van der Waals surface area contributed by atoms with Crippen LogP contribution in [0.1, 0.15) is 21.7 Å². The van der Waals surface area contributed by atoms with Crippen LogP contribution in [0.5, 0.6) is 0 Å². The van der Waals surface area contributed by atoms with Gasteiger partial charge in [0.05, 0.1) is 7.11 Å². The molecule has 0 radical (unpaired) electrons. The van der Waals surface area contributed by atoms with Crippen molar-refractivity contribution in [2.75, 3.05) is 7.11 Å². The number of rotatable bonds is 5. The van der Waals surface area contributed by atoms with E-state index < -0.39 is 16.0 Å². The topological polar surface area (TPSA) is 77.4 Å². The van der Waals surface area contributed by atoms with Gasteiger partial charge in [-0.2, -0.15) is 0 Å². The largest absolute Gasteiger partial charge is 0.464 e. The number of hydrogen-bond donors (Lipinski definition) is 1. The van der Waals surface area contributed by atoms with E-state index >= 15 is 0 Å². The first-order chi connectivity index (χ1) is 10.4. The van der Waals surface area contributed by atoms with E-state index in [0.717, 1.165) is 5.56 Å². The van der Waals surface area contributed by atoms with E-state index in [4.69, 9.17) is 0 Å². The molecule has 0 aliphatic rings. The summed E-state index contributed by atoms with van der Waals surface area (Å²) in [6, 6.07) is 10.5. The zero-order chi connectivity index (χ0) is 16.3. The van der Waals surface area contributed by atoms with E-state index in [-0.39, 0.29) is 17.1 Å². The molecule has 0 fully saturated rings. The minimum atomic E-state index is -3.71. The summed E-state index contributed by atoms with van der Waals surface area (Å²) >= 11 is 0. The van der Waals surface area contributed by atoms with E-state index in [1.165, 1.54) is 17.7 Å². The highest BCUT2D eigenvalue weighted by molar-refractivity contribution is 7.89. The molecule has 1 aromatic heterocycles. The first-order valence-electron chi connectivity index (χ1n) is 6.65. The maximum atomic E-state index is 12.4. The Morgan fingerprint density at radius 3 is 2.50 bits per heavy atom. The van der Waals surface area contributed by atoms with Gasteiger partial charge in [0.25, 0.3) is 0 Å². The molecule has 0 bridgehead atoms. The Bertz CT molecular complexity index is 779. The highest BCUT2D eigenvalue weighted by Crippen LogP contribution is 2.20. The van der Waals surface area contributed by atoms with E-state index in [2.05, 4.69) is 9.46 Å². The highest BCUT2D eigenvalue weighted by atomic mass is 32.2. The van der Waals surface area contributed by atoms with Gasteiger partial charge in [-0.3, -0.25) is 0 Å². The Morgan fingerprint density at radius 2 is 1.91 bits per heavy atom. The van der Waals surface area contributed by atoms with Crippen molar-refractivity contribution in [3.05, 3.63) is 53.3 Å². The number of nitrogens with zero attached hydrogens (tertiary/aromatic N) is 1. The van der Waals surface area contributed by atoms with Crippen LogP contribution in [0, 0.1) is 6.92 Å². The molecule has 2 rings (SSSR count). The standard InChI is InChI=1S/C15H18N2O4S/c1-11-14(9-13(17(11)2)15(18)21-3)22(19,20)16-10-12-7-5-4-6-8-12/h4-9,16H,10H2,1-3H3. The van der Waals surface area contributed by atoms with Crippen LogP contribution in [-0.2, 0) is 28.4 Å². The maximum Gasteiger partial charge on any atom is 0.354 e. The molecule has 0 saturated heterocycles. The van der Waals surface area contributed by atoms with Crippen molar-refractivity contribution in [2.45, 2.75) is 18.4 Å². The van der Waals surface area contributed by atoms with E-state index in [0.29, 0.717) is 5.69 Å². The van der Waals surface area contributed by atoms with Gasteiger partial charge < -0.3 is 9.30 Å². The van der Waals surface area contributed by atoms with Crippen molar-refractivity contribution >= 4 is 16.0 Å². The zero-order valence-electron chi connectivity index (χ0n) is 12.7. The number of methoxy groups -OCH3 is 1. The molecule has 1 aromatic carbocycles. The molecule has 1 heterocycles. The number of esters is 1. The molecule has 7 heteroatoms. The fourth-order valence-corrected chi connectivity index (χ4v) is 3.40. The van der Waals surface area contributed by atoms with Crippen molar-refractivity contribution in [1.29, 1.82) is 0 Å². The van der Waals surface area contributed by atoms with Gasteiger partial charge in [-0.25, -0.2) is 17.9 Å². The Kier molecular flexibility index (Phi) is 4.68. The van der Waals surface area contributed by atoms with Crippen LogP contribution in [-0.4, -0.2) is 26.1 Å². The van der Waals surface area contributed by atoms with Gasteiger partial charge in [-0.05, 0) is 18.6 Å². The summed E-state index contributed by atoms with van der Waals surface area (Å²) in [5.74, 6) is -0.574. The van der Waals surface area contributed by atoms with Crippen molar-refractivity contribution in [3.8, 4) is 0 Å². The third-order valence-electron chi connectivity index (χ3n) is 3.48. The zero-order valence-corrected chi connectivity index (χ0v) is 13.5. The van der Waals surface area contributed by atoms with Gasteiger partial charge in [-0.15, -0.1) is 0 Å². The number of carbonyl (C=O) groups is 1. The van der Waals surface area contributed by atoms with Crippen LogP contribution < -0.4 is 4.72 Å². The average molecular weight is 322 g/mol. The van der Waals surface area contributed by atoms with Gasteiger partial charge >= 0.3 is 5.97 Å². The second-order valence-corrected chi connectivity index (χ2v) is 6.58. The fourth-order valence-electron chi connectivity index (χ4n) is 2.10. The number of sulfonamides is 1. The molecule has 0 aliphatic heterocycles. The number of benzene rings is 1. The average Bonchev–Trinajstić information content (AvgIpc) is 2.82. The molecule has 0 atom stereocenters. The Morgan fingerprint density at radius 1 is 1.27 bits per heavy atom. The first kappa shape index (κ1) is 16.3. The molecule has 1 N–H and O–H groups in total. The number of carbonyl (C=O) groups excluding carboxylic acids is 1. The number of aromatic nitrogens is 1. The van der Waals surface area contributed by atoms with Crippen LogP contribution in [0.2, 0.25) is 0 Å². The third kappa shape index (κ3) is 3.20. The second-order valence-electron chi connectivity index (χ2n) is 4.84. The van der Waals surface area contributed by atoms with Crippen molar-refractivity contribution in [3.63, 3.8) is 0 Å². The molecule has 22 heavy (non-hydrogen) atoms. The molecule has 6 nitrogen and oxygen atoms in total. The minimum Gasteiger partial charge on any atom is -0.464 e. The van der Waals surface area contributed by atoms with E-state index in [9.17, 15) is 13.2 Å². The van der Waals surface area contributed by atoms with E-state index in [1.54, 1.807) is 14.0 Å². The summed E-state index contributed by atoms with van der Waals surface area (Å²) in [4.78, 5) is 11.7. The fraction of sp³-hybridized carbons (Fsp3) is 0.267. The molecule has 0 spiro atoms. The molecule has 0 amide bonds. The summed E-state index contributed by atoms with van der Waals surface area (Å²) < 4.78 is 33.5. The number of ether oxygens (including phenoxy) is 1. The summed E-state index contributed by atoms with van der Waals surface area (Å²) in [7, 11) is -0.832. The van der Waals surface area contributed by atoms with E-state index in [1.807, 2.05) is 30.3 Å². The smallest absolute Gasteiger partial charge is 0.354 e. The van der Waals surface area contributed by atoms with Gasteiger partial charge in [-0.1, -0.05) is 30.3 Å². The molecule has 0 saturated carbocycles.